The van der Waals surface area contributed by atoms with E-state index in [4.69, 9.17) is 0 Å². The molecule has 0 aromatic heterocycles. The summed E-state index contributed by atoms with van der Waals surface area (Å²) in [6, 6.07) is 7.12. The van der Waals surface area contributed by atoms with Crippen LogP contribution in [0.1, 0.15) is 19.4 Å². The van der Waals surface area contributed by atoms with Crippen molar-refractivity contribution >= 4 is 23.3 Å². The van der Waals surface area contributed by atoms with Crippen molar-refractivity contribution in [3.05, 3.63) is 35.4 Å². The van der Waals surface area contributed by atoms with Gasteiger partial charge in [0.25, 0.3) is 0 Å². The first kappa shape index (κ1) is 10.6. The first-order chi connectivity index (χ1) is 7.59. The number of carbonyl (C=O) groups is 2. The first-order valence-corrected chi connectivity index (χ1v) is 5.18. The first-order valence-electron chi connectivity index (χ1n) is 5.18. The molecule has 16 heavy (non-hydrogen) atoms. The predicted molar refractivity (Wildman–Crippen MR) is 63.2 cm³/mol. The van der Waals surface area contributed by atoms with Gasteiger partial charge in [-0.05, 0) is 31.6 Å². The monoisotopic (exact) mass is 215 g/mol. The van der Waals surface area contributed by atoms with Gasteiger partial charge in [-0.25, -0.2) is 0 Å². The average Bonchev–Trinajstić information content (AvgIpc) is 2.27. The molecule has 2 rings (SSSR count). The fourth-order valence-corrected chi connectivity index (χ4v) is 1.86. The third-order valence-electron chi connectivity index (χ3n) is 2.70. The normalized spacial score (nSPS) is 18.1. The van der Waals surface area contributed by atoms with Gasteiger partial charge in [0.05, 0.1) is 0 Å². The predicted octanol–water partition coefficient (Wildman–Crippen LogP) is 2.04. The number of anilines is 1. The summed E-state index contributed by atoms with van der Waals surface area (Å²) in [5, 5.41) is 3.09. The van der Waals surface area contributed by atoms with E-state index in [0.717, 1.165) is 11.3 Å². The fourth-order valence-electron chi connectivity index (χ4n) is 1.86. The van der Waals surface area contributed by atoms with Crippen LogP contribution in [-0.4, -0.2) is 17.6 Å². The minimum atomic E-state index is -0.507. The number of fused-ring (bicyclic) bond motifs is 1. The summed E-state index contributed by atoms with van der Waals surface area (Å²) in [7, 11) is 0. The number of carbonyl (C=O) groups excluding carboxylic acids is 2. The highest BCUT2D eigenvalue weighted by molar-refractivity contribution is 6.08. The van der Waals surface area contributed by atoms with E-state index < -0.39 is 6.04 Å². The van der Waals surface area contributed by atoms with E-state index in [0.29, 0.717) is 5.57 Å². The van der Waals surface area contributed by atoms with Gasteiger partial charge >= 0.3 is 0 Å². The molecule has 0 bridgehead atoms. The number of hydrogen-bond acceptors (Lipinski definition) is 3. The van der Waals surface area contributed by atoms with Crippen molar-refractivity contribution in [3.8, 4) is 0 Å². The molecule has 0 spiro atoms. The molecule has 1 heterocycles. The molecule has 0 radical (unpaired) electrons. The van der Waals surface area contributed by atoms with Crippen molar-refractivity contribution in [2.24, 2.45) is 0 Å². The number of nitrogens with one attached hydrogen (secondary N) is 1. The Labute approximate surface area is 94.2 Å². The molecular weight excluding hydrogens is 202 g/mol. The zero-order valence-corrected chi connectivity index (χ0v) is 9.28. The average molecular weight is 215 g/mol. The van der Waals surface area contributed by atoms with Gasteiger partial charge in [0.1, 0.15) is 6.04 Å². The van der Waals surface area contributed by atoms with Gasteiger partial charge < -0.3 is 5.32 Å². The summed E-state index contributed by atoms with van der Waals surface area (Å²) in [6.07, 6.45) is 1.79. The van der Waals surface area contributed by atoms with Crippen LogP contribution in [0.3, 0.4) is 0 Å². The molecule has 1 aromatic rings. The molecule has 1 aliphatic heterocycles. The molecule has 0 fully saturated rings. The van der Waals surface area contributed by atoms with Gasteiger partial charge in [-0.2, -0.15) is 0 Å². The quantitative estimate of drug-likeness (QED) is 0.821. The minimum absolute atomic E-state index is 0.0454. The van der Waals surface area contributed by atoms with E-state index in [1.807, 2.05) is 24.3 Å². The summed E-state index contributed by atoms with van der Waals surface area (Å²) in [6.45, 7) is 2.97. The Balaban J connectivity index is 2.51. The van der Waals surface area contributed by atoms with Crippen LogP contribution in [0.25, 0.3) is 6.08 Å². The number of para-hydroxylation sites is 1. The zero-order valence-electron chi connectivity index (χ0n) is 9.28. The fraction of sp³-hybridized carbons (Fsp3) is 0.231. The van der Waals surface area contributed by atoms with Crippen LogP contribution < -0.4 is 5.32 Å². The van der Waals surface area contributed by atoms with Crippen molar-refractivity contribution in [2.75, 3.05) is 5.32 Å². The highest BCUT2D eigenvalue weighted by atomic mass is 16.1. The topological polar surface area (TPSA) is 46.2 Å². The van der Waals surface area contributed by atoms with Gasteiger partial charge in [0.15, 0.2) is 11.6 Å². The maximum atomic E-state index is 11.5. The van der Waals surface area contributed by atoms with E-state index in [-0.39, 0.29) is 11.6 Å². The molecule has 1 aromatic carbocycles. The third kappa shape index (κ3) is 1.76. The number of hydrogen-bond donors (Lipinski definition) is 1. The maximum absolute atomic E-state index is 11.5. The van der Waals surface area contributed by atoms with E-state index >= 15 is 0 Å². The summed E-state index contributed by atoms with van der Waals surface area (Å²) in [4.78, 5) is 22.9. The lowest BCUT2D eigenvalue weighted by molar-refractivity contribution is -0.119. The van der Waals surface area contributed by atoms with Gasteiger partial charge in [0.2, 0.25) is 0 Å². The second kappa shape index (κ2) is 3.93. The molecule has 3 nitrogen and oxygen atoms in total. The number of Topliss-reactive ketones (excluding diaryl/α,β-unsaturated/α-hetero) is 2. The van der Waals surface area contributed by atoms with Gasteiger partial charge in [-0.15, -0.1) is 0 Å². The Morgan fingerprint density at radius 2 is 1.88 bits per heavy atom. The molecule has 1 N–H and O–H groups in total. The van der Waals surface area contributed by atoms with Crippen LogP contribution in [0.2, 0.25) is 0 Å². The van der Waals surface area contributed by atoms with E-state index in [9.17, 15) is 9.59 Å². The van der Waals surface area contributed by atoms with Crippen molar-refractivity contribution in [1.29, 1.82) is 0 Å². The molecule has 0 saturated carbocycles. The zero-order chi connectivity index (χ0) is 11.7. The van der Waals surface area contributed by atoms with Gasteiger partial charge in [-0.3, -0.25) is 9.59 Å². The summed E-state index contributed by atoms with van der Waals surface area (Å²) >= 11 is 0. The van der Waals surface area contributed by atoms with E-state index in [1.165, 1.54) is 13.8 Å². The summed E-state index contributed by atoms with van der Waals surface area (Å²) < 4.78 is 0. The van der Waals surface area contributed by atoms with Gasteiger partial charge in [0, 0.05) is 11.3 Å². The number of ketones is 2. The SMILES string of the molecule is CC(=O)C1=Cc2ccccc2N[C@H]1C(C)=O. The Morgan fingerprint density at radius 1 is 1.19 bits per heavy atom. The molecule has 1 atom stereocenters. The van der Waals surface area contributed by atoms with E-state index in [1.54, 1.807) is 6.08 Å². The number of rotatable bonds is 2. The van der Waals surface area contributed by atoms with Crippen LogP contribution in [0.5, 0.6) is 0 Å². The Morgan fingerprint density at radius 3 is 2.50 bits per heavy atom. The Bertz CT molecular complexity index is 488. The van der Waals surface area contributed by atoms with Crippen LogP contribution >= 0.6 is 0 Å². The largest absolute Gasteiger partial charge is 0.371 e. The van der Waals surface area contributed by atoms with Crippen molar-refractivity contribution in [1.82, 2.24) is 0 Å². The Kier molecular flexibility index (Phi) is 2.60. The second-order valence-electron chi connectivity index (χ2n) is 3.93. The highest BCUT2D eigenvalue weighted by Crippen LogP contribution is 2.27. The molecule has 0 unspecified atom stereocenters. The standard InChI is InChI=1S/C13H13NO2/c1-8(15)11-7-10-5-3-4-6-12(10)14-13(11)9(2)16/h3-7,13-14H,1-2H3/t13-/m0/s1. The lowest BCUT2D eigenvalue weighted by atomic mass is 9.93. The molecule has 3 heteroatoms. The van der Waals surface area contributed by atoms with Crippen molar-refractivity contribution in [3.63, 3.8) is 0 Å². The maximum Gasteiger partial charge on any atom is 0.158 e. The lowest BCUT2D eigenvalue weighted by Crippen LogP contribution is -2.34. The Hall–Kier alpha value is -1.90. The van der Waals surface area contributed by atoms with Crippen molar-refractivity contribution in [2.45, 2.75) is 19.9 Å². The van der Waals surface area contributed by atoms with Crippen LogP contribution in [0, 0.1) is 0 Å². The second-order valence-corrected chi connectivity index (χ2v) is 3.93. The molecule has 82 valence electrons. The van der Waals surface area contributed by atoms with Gasteiger partial charge in [-0.1, -0.05) is 18.2 Å². The van der Waals surface area contributed by atoms with E-state index in [2.05, 4.69) is 5.32 Å². The minimum Gasteiger partial charge on any atom is -0.371 e. The summed E-state index contributed by atoms with van der Waals surface area (Å²) in [5.41, 5.74) is 2.38. The third-order valence-corrected chi connectivity index (χ3v) is 2.70. The molecule has 1 aliphatic rings. The molecule has 0 saturated heterocycles. The number of benzene rings is 1. The summed E-state index contributed by atoms with van der Waals surface area (Å²) in [5.74, 6) is -0.113. The molecule has 0 amide bonds. The van der Waals surface area contributed by atoms with Crippen LogP contribution in [-0.2, 0) is 9.59 Å². The van der Waals surface area contributed by atoms with Crippen molar-refractivity contribution < 1.29 is 9.59 Å². The molecular formula is C13H13NO2. The molecule has 0 aliphatic carbocycles. The highest BCUT2D eigenvalue weighted by Gasteiger charge is 2.26. The smallest absolute Gasteiger partial charge is 0.158 e. The lowest BCUT2D eigenvalue weighted by Gasteiger charge is -2.24. The van der Waals surface area contributed by atoms with Crippen LogP contribution in [0.15, 0.2) is 29.8 Å². The van der Waals surface area contributed by atoms with Crippen LogP contribution in [0.4, 0.5) is 5.69 Å².